The Morgan fingerprint density at radius 3 is 2.15 bits per heavy atom. The lowest BCUT2D eigenvalue weighted by atomic mass is 9.69. The van der Waals surface area contributed by atoms with Crippen molar-refractivity contribution in [3.63, 3.8) is 0 Å². The molecule has 1 spiro atoms. The summed E-state index contributed by atoms with van der Waals surface area (Å²) in [6.07, 6.45) is 19.9. The van der Waals surface area contributed by atoms with Crippen LogP contribution in [0.2, 0.25) is 0 Å². The molecule has 0 saturated heterocycles. The van der Waals surface area contributed by atoms with E-state index in [0.29, 0.717) is 11.8 Å². The number of benzene rings is 6. The molecule has 0 aliphatic heterocycles. The van der Waals surface area contributed by atoms with Gasteiger partial charge in [0.15, 0.2) is 0 Å². The third kappa shape index (κ3) is 5.15. The first kappa shape index (κ1) is 36.7. The number of nitrogens with zero attached hydrogens (tertiary/aromatic N) is 1. The molecule has 0 heterocycles. The van der Waals surface area contributed by atoms with Crippen LogP contribution < -0.4 is 4.90 Å². The zero-order chi connectivity index (χ0) is 41.3. The van der Waals surface area contributed by atoms with Crippen LogP contribution in [0.3, 0.4) is 0 Å². The topological polar surface area (TPSA) is 3.24 Å². The number of hydrogen-bond donors (Lipinski definition) is 0. The van der Waals surface area contributed by atoms with Crippen molar-refractivity contribution in [2.75, 3.05) is 4.90 Å². The van der Waals surface area contributed by atoms with Crippen LogP contribution in [0.1, 0.15) is 117 Å². The maximum absolute atomic E-state index is 2.73. The summed E-state index contributed by atoms with van der Waals surface area (Å²) in [6, 6.07) is 52.0. The second-order valence-electron chi connectivity index (χ2n) is 20.1. The molecular formula is C61H55N. The van der Waals surface area contributed by atoms with Crippen LogP contribution in [0.5, 0.6) is 0 Å². The lowest BCUT2D eigenvalue weighted by molar-refractivity contribution is 0.549. The van der Waals surface area contributed by atoms with Crippen molar-refractivity contribution in [1.29, 1.82) is 0 Å². The van der Waals surface area contributed by atoms with E-state index in [4.69, 9.17) is 0 Å². The van der Waals surface area contributed by atoms with Crippen molar-refractivity contribution >= 4 is 11.4 Å². The lowest BCUT2D eigenvalue weighted by Crippen LogP contribution is -2.26. The van der Waals surface area contributed by atoms with Gasteiger partial charge < -0.3 is 4.90 Å². The van der Waals surface area contributed by atoms with Crippen LogP contribution >= 0.6 is 0 Å². The predicted molar refractivity (Wildman–Crippen MR) is 258 cm³/mol. The van der Waals surface area contributed by atoms with Gasteiger partial charge in [0.1, 0.15) is 0 Å². The molecule has 304 valence electrons. The molecule has 0 radical (unpaired) electrons. The van der Waals surface area contributed by atoms with Gasteiger partial charge in [-0.05, 0) is 165 Å². The molecule has 1 nitrogen and oxygen atoms in total. The summed E-state index contributed by atoms with van der Waals surface area (Å²) in [5, 5.41) is 0. The monoisotopic (exact) mass is 801 g/mol. The molecule has 62 heavy (non-hydrogen) atoms. The molecule has 4 atom stereocenters. The molecule has 2 fully saturated rings. The fourth-order valence-corrected chi connectivity index (χ4v) is 13.7. The summed E-state index contributed by atoms with van der Waals surface area (Å²) in [5.41, 5.74) is 26.1. The molecule has 4 unspecified atom stereocenters. The van der Waals surface area contributed by atoms with E-state index in [9.17, 15) is 0 Å². The molecule has 7 aliphatic carbocycles. The van der Waals surface area contributed by atoms with Gasteiger partial charge in [0, 0.05) is 33.7 Å². The highest BCUT2D eigenvalue weighted by Gasteiger charge is 2.50. The number of hydrogen-bond acceptors (Lipinski definition) is 1. The zero-order valence-electron chi connectivity index (χ0n) is 36.4. The average Bonchev–Trinajstić information content (AvgIpc) is 3.82. The minimum absolute atomic E-state index is 0.0615. The lowest BCUT2D eigenvalue weighted by Gasteiger charge is -2.38. The summed E-state index contributed by atoms with van der Waals surface area (Å²) >= 11 is 0. The fraction of sp³-hybridized carbons (Fsp3) is 0.279. The average molecular weight is 802 g/mol. The maximum atomic E-state index is 2.73. The van der Waals surface area contributed by atoms with Crippen LogP contribution in [0.25, 0.3) is 33.4 Å². The van der Waals surface area contributed by atoms with Crippen molar-refractivity contribution < 1.29 is 0 Å². The first-order valence-electron chi connectivity index (χ1n) is 23.7. The maximum Gasteiger partial charge on any atom is 0.0566 e. The Morgan fingerprint density at radius 2 is 1.29 bits per heavy atom. The van der Waals surface area contributed by atoms with Gasteiger partial charge in [0.05, 0.1) is 6.04 Å². The Kier molecular flexibility index (Phi) is 8.02. The molecule has 6 aromatic rings. The zero-order valence-corrected chi connectivity index (χ0v) is 36.4. The molecule has 0 bridgehead atoms. The SMILES string of the molecule is CC(c1ccccc1C1CC=CC2=C1C1=CCCC=C1C1CC21)N(c1ccc2c(c1)C1(CCCC1)c1ccccc1-2)c1ccccc1-c1ccc2c(c1)C(C)(C)c1ccccc1-2. The van der Waals surface area contributed by atoms with Gasteiger partial charge in [-0.3, -0.25) is 0 Å². The number of rotatable bonds is 6. The Bertz CT molecular complexity index is 2990. The first-order chi connectivity index (χ1) is 30.4. The summed E-state index contributed by atoms with van der Waals surface area (Å²) in [7, 11) is 0. The van der Waals surface area contributed by atoms with E-state index in [1.54, 1.807) is 27.9 Å². The molecule has 0 N–H and O–H groups in total. The quantitative estimate of drug-likeness (QED) is 0.162. The van der Waals surface area contributed by atoms with E-state index in [0.717, 1.165) is 18.8 Å². The van der Waals surface area contributed by atoms with Crippen molar-refractivity contribution in [3.05, 3.63) is 213 Å². The summed E-state index contributed by atoms with van der Waals surface area (Å²) in [5.74, 6) is 1.77. The Labute approximate surface area is 368 Å². The van der Waals surface area contributed by atoms with Crippen LogP contribution in [0.4, 0.5) is 11.4 Å². The van der Waals surface area contributed by atoms with Crippen LogP contribution in [0, 0.1) is 11.8 Å². The van der Waals surface area contributed by atoms with Crippen LogP contribution in [-0.2, 0) is 10.8 Å². The number of para-hydroxylation sites is 1. The molecule has 0 amide bonds. The molecule has 7 aliphatic rings. The van der Waals surface area contributed by atoms with E-state index >= 15 is 0 Å². The minimum Gasteiger partial charge on any atom is -0.334 e. The van der Waals surface area contributed by atoms with E-state index < -0.39 is 0 Å². The van der Waals surface area contributed by atoms with Crippen LogP contribution in [0.15, 0.2) is 180 Å². The van der Waals surface area contributed by atoms with Crippen molar-refractivity contribution in [2.45, 2.75) is 94.9 Å². The van der Waals surface area contributed by atoms with E-state index in [2.05, 4.69) is 183 Å². The van der Waals surface area contributed by atoms with E-state index in [-0.39, 0.29) is 16.9 Å². The van der Waals surface area contributed by atoms with Gasteiger partial charge in [-0.25, -0.2) is 0 Å². The highest BCUT2D eigenvalue weighted by atomic mass is 15.2. The third-order valence-corrected chi connectivity index (χ3v) is 16.7. The van der Waals surface area contributed by atoms with Crippen molar-refractivity contribution in [3.8, 4) is 33.4 Å². The highest BCUT2D eigenvalue weighted by Crippen LogP contribution is 2.63. The standard InChI is InChI=1S/C61H55N/c1-38(41-17-4-5-19-43(41)50-24-16-25-51-53-37-52(53)44-20-6-7-23-49(44)59(50)51)62(40-30-32-48-46-22-9-12-27-55(46)61(57(48)36-40)33-14-15-34-61)58-28-13-10-18-42(58)39-29-31-47-45-21-8-11-26-54(45)60(2,3)56(47)35-39/h4-5,8-13,16-23,25-32,35-36,38,50,52-53H,6-7,14-15,24,33-34,37H2,1-3H3. The minimum atomic E-state index is -0.0716. The van der Waals surface area contributed by atoms with Crippen molar-refractivity contribution in [1.82, 2.24) is 0 Å². The van der Waals surface area contributed by atoms with Crippen molar-refractivity contribution in [2.24, 2.45) is 11.8 Å². The molecule has 6 aromatic carbocycles. The largest absolute Gasteiger partial charge is 0.334 e. The summed E-state index contributed by atoms with van der Waals surface area (Å²) < 4.78 is 0. The molecule has 0 aromatic heterocycles. The predicted octanol–water partition coefficient (Wildman–Crippen LogP) is 16.0. The van der Waals surface area contributed by atoms with Gasteiger partial charge in [-0.15, -0.1) is 0 Å². The van der Waals surface area contributed by atoms with Gasteiger partial charge in [0.2, 0.25) is 0 Å². The molecular weight excluding hydrogens is 747 g/mol. The first-order valence-corrected chi connectivity index (χ1v) is 23.7. The van der Waals surface area contributed by atoms with E-state index in [1.807, 2.05) is 0 Å². The van der Waals surface area contributed by atoms with Gasteiger partial charge in [-0.2, -0.15) is 0 Å². The van der Waals surface area contributed by atoms with E-state index in [1.165, 1.54) is 111 Å². The van der Waals surface area contributed by atoms with Crippen LogP contribution in [-0.4, -0.2) is 0 Å². The number of anilines is 2. The molecule has 13 rings (SSSR count). The molecule has 1 heteroatoms. The normalized spacial score (nSPS) is 23.0. The summed E-state index contributed by atoms with van der Waals surface area (Å²) in [4.78, 5) is 2.73. The Balaban J connectivity index is 0.993. The Hall–Kier alpha value is -5.92. The second kappa shape index (κ2) is 13.5. The van der Waals surface area contributed by atoms with Gasteiger partial charge in [-0.1, -0.05) is 160 Å². The summed E-state index contributed by atoms with van der Waals surface area (Å²) in [6.45, 7) is 7.29. The third-order valence-electron chi connectivity index (χ3n) is 16.7. The number of allylic oxidation sites excluding steroid dienone is 8. The van der Waals surface area contributed by atoms with Gasteiger partial charge in [0.25, 0.3) is 0 Å². The smallest absolute Gasteiger partial charge is 0.0566 e. The Morgan fingerprint density at radius 1 is 0.613 bits per heavy atom. The van der Waals surface area contributed by atoms with Gasteiger partial charge >= 0.3 is 0 Å². The fourth-order valence-electron chi connectivity index (χ4n) is 13.7. The molecule has 2 saturated carbocycles. The second-order valence-corrected chi connectivity index (χ2v) is 20.1. The number of fused-ring (bicyclic) bond motifs is 13. The highest BCUT2D eigenvalue weighted by molar-refractivity contribution is 5.90.